The zero-order valence-electron chi connectivity index (χ0n) is 13.6. The Morgan fingerprint density at radius 3 is 3.16 bits per heavy atom. The van der Waals surface area contributed by atoms with E-state index in [1.54, 1.807) is 11.1 Å². The van der Waals surface area contributed by atoms with Crippen LogP contribution in [0.25, 0.3) is 11.3 Å². The molecule has 4 rings (SSSR count). The molecule has 1 unspecified atom stereocenters. The summed E-state index contributed by atoms with van der Waals surface area (Å²) < 4.78 is 11.4. The van der Waals surface area contributed by atoms with Crippen molar-refractivity contribution in [3.63, 3.8) is 0 Å². The topological polar surface area (TPSA) is 51.7 Å². The summed E-state index contributed by atoms with van der Waals surface area (Å²) in [5, 5.41) is 0.514. The summed E-state index contributed by atoms with van der Waals surface area (Å²) in [6, 6.07) is 7.50. The molecule has 2 aromatic rings. The first-order valence-electron chi connectivity index (χ1n) is 8.10. The summed E-state index contributed by atoms with van der Waals surface area (Å²) >= 11 is 6.48. The number of hydrogen-bond donors (Lipinski definition) is 0. The van der Waals surface area contributed by atoms with E-state index < -0.39 is 0 Å². The zero-order valence-corrected chi connectivity index (χ0v) is 14.3. The van der Waals surface area contributed by atoms with Crippen LogP contribution in [-0.4, -0.2) is 35.5 Å². The van der Waals surface area contributed by atoms with E-state index in [1.165, 1.54) is 6.08 Å². The summed E-state index contributed by atoms with van der Waals surface area (Å²) in [6.07, 6.45) is 3.09. The van der Waals surface area contributed by atoms with E-state index in [4.69, 9.17) is 21.1 Å². The normalized spacial score (nSPS) is 18.8. The number of halogens is 1. The predicted molar refractivity (Wildman–Crippen MR) is 94.5 cm³/mol. The van der Waals surface area contributed by atoms with E-state index in [1.807, 2.05) is 24.3 Å². The SMILES string of the molecule is C=CC(=O)N1CCOCC1c1cc(Cl)c2c(c1)-c1ncccc1CO2. The molecule has 5 nitrogen and oxygen atoms in total. The third-order valence-electron chi connectivity index (χ3n) is 4.56. The fourth-order valence-corrected chi connectivity index (χ4v) is 3.62. The molecule has 3 heterocycles. The van der Waals surface area contributed by atoms with Gasteiger partial charge >= 0.3 is 0 Å². The van der Waals surface area contributed by atoms with Gasteiger partial charge in [-0.25, -0.2) is 0 Å². The molecule has 0 N–H and O–H groups in total. The third-order valence-corrected chi connectivity index (χ3v) is 4.84. The van der Waals surface area contributed by atoms with Crippen LogP contribution in [0.3, 0.4) is 0 Å². The Kier molecular flexibility index (Phi) is 4.19. The van der Waals surface area contributed by atoms with Crippen molar-refractivity contribution in [1.29, 1.82) is 0 Å². The molecule has 25 heavy (non-hydrogen) atoms. The Balaban J connectivity index is 1.81. The maximum Gasteiger partial charge on any atom is 0.246 e. The molecule has 0 bridgehead atoms. The number of aromatic nitrogens is 1. The number of nitrogens with zero attached hydrogens (tertiary/aromatic N) is 2. The lowest BCUT2D eigenvalue weighted by Crippen LogP contribution is -2.42. The second kappa shape index (κ2) is 6.50. The Morgan fingerprint density at radius 1 is 1.44 bits per heavy atom. The first-order valence-corrected chi connectivity index (χ1v) is 8.48. The molecule has 1 aromatic heterocycles. The number of amides is 1. The molecule has 0 aliphatic carbocycles. The van der Waals surface area contributed by atoms with Gasteiger partial charge in [-0.2, -0.15) is 0 Å². The van der Waals surface area contributed by atoms with E-state index in [2.05, 4.69) is 11.6 Å². The minimum atomic E-state index is -0.212. The van der Waals surface area contributed by atoms with Crippen molar-refractivity contribution in [1.82, 2.24) is 9.88 Å². The van der Waals surface area contributed by atoms with Crippen molar-refractivity contribution in [2.75, 3.05) is 19.8 Å². The molecule has 0 radical (unpaired) electrons. The largest absolute Gasteiger partial charge is 0.487 e. The van der Waals surface area contributed by atoms with Crippen LogP contribution in [0.4, 0.5) is 0 Å². The van der Waals surface area contributed by atoms with Crippen LogP contribution in [0.2, 0.25) is 5.02 Å². The van der Waals surface area contributed by atoms with Crippen molar-refractivity contribution in [2.45, 2.75) is 12.6 Å². The van der Waals surface area contributed by atoms with Gasteiger partial charge in [0, 0.05) is 23.9 Å². The lowest BCUT2D eigenvalue weighted by atomic mass is 9.96. The van der Waals surface area contributed by atoms with Crippen molar-refractivity contribution in [2.24, 2.45) is 0 Å². The van der Waals surface area contributed by atoms with Crippen LogP contribution in [0, 0.1) is 0 Å². The number of pyridine rings is 1. The van der Waals surface area contributed by atoms with Gasteiger partial charge in [-0.1, -0.05) is 24.2 Å². The highest BCUT2D eigenvalue weighted by atomic mass is 35.5. The van der Waals surface area contributed by atoms with Crippen LogP contribution in [0.15, 0.2) is 43.1 Å². The average molecular weight is 357 g/mol. The van der Waals surface area contributed by atoms with Gasteiger partial charge in [0.05, 0.1) is 30.0 Å². The van der Waals surface area contributed by atoms with Gasteiger partial charge in [-0.3, -0.25) is 9.78 Å². The molecule has 0 spiro atoms. The summed E-state index contributed by atoms with van der Waals surface area (Å²) in [7, 11) is 0. The highest BCUT2D eigenvalue weighted by molar-refractivity contribution is 6.32. The minimum Gasteiger partial charge on any atom is -0.487 e. The summed E-state index contributed by atoms with van der Waals surface area (Å²) in [5.41, 5.74) is 3.63. The van der Waals surface area contributed by atoms with Gasteiger partial charge in [0.15, 0.2) is 0 Å². The second-order valence-electron chi connectivity index (χ2n) is 6.01. The van der Waals surface area contributed by atoms with Crippen LogP contribution in [0.1, 0.15) is 17.2 Å². The second-order valence-corrected chi connectivity index (χ2v) is 6.41. The maximum atomic E-state index is 12.2. The number of benzene rings is 1. The van der Waals surface area contributed by atoms with Crippen LogP contribution < -0.4 is 4.74 Å². The standard InChI is InChI=1S/C19H17ClN2O3/c1-2-17(23)22-6-7-24-11-16(22)13-8-14-18-12(4-3-5-21-18)10-25-19(14)15(20)9-13/h2-5,8-9,16H,1,6-7,10-11H2. The molecule has 1 atom stereocenters. The highest BCUT2D eigenvalue weighted by Crippen LogP contribution is 2.43. The molecule has 1 aromatic carbocycles. The summed E-state index contributed by atoms with van der Waals surface area (Å²) in [6.45, 7) is 5.50. The number of rotatable bonds is 2. The number of carbonyl (C=O) groups is 1. The van der Waals surface area contributed by atoms with Gasteiger partial charge < -0.3 is 14.4 Å². The average Bonchev–Trinajstić information content (AvgIpc) is 2.67. The van der Waals surface area contributed by atoms with E-state index in [9.17, 15) is 4.79 Å². The molecule has 2 aliphatic rings. The lowest BCUT2D eigenvalue weighted by Gasteiger charge is -2.36. The molecule has 1 amide bonds. The summed E-state index contributed by atoms with van der Waals surface area (Å²) in [4.78, 5) is 18.5. The minimum absolute atomic E-state index is 0.114. The molecular weight excluding hydrogens is 340 g/mol. The molecule has 128 valence electrons. The molecule has 0 saturated carbocycles. The first kappa shape index (κ1) is 16.1. The number of morpholine rings is 1. The Bertz CT molecular complexity index is 853. The van der Waals surface area contributed by atoms with Crippen LogP contribution in [0.5, 0.6) is 5.75 Å². The third kappa shape index (κ3) is 2.79. The molecule has 1 fully saturated rings. The number of carbonyl (C=O) groups excluding carboxylic acids is 1. The smallest absolute Gasteiger partial charge is 0.246 e. The monoisotopic (exact) mass is 356 g/mol. The number of fused-ring (bicyclic) bond motifs is 3. The fraction of sp³-hybridized carbons (Fsp3) is 0.263. The van der Waals surface area contributed by atoms with Gasteiger partial charge in [-0.05, 0) is 29.8 Å². The highest BCUT2D eigenvalue weighted by Gasteiger charge is 2.30. The fourth-order valence-electron chi connectivity index (χ4n) is 3.34. The number of hydrogen-bond acceptors (Lipinski definition) is 4. The van der Waals surface area contributed by atoms with Crippen LogP contribution >= 0.6 is 11.6 Å². The molecule has 6 heteroatoms. The molecule has 1 saturated heterocycles. The lowest BCUT2D eigenvalue weighted by molar-refractivity contribution is -0.134. The van der Waals surface area contributed by atoms with Gasteiger partial charge in [0.1, 0.15) is 12.4 Å². The van der Waals surface area contributed by atoms with Crippen LogP contribution in [-0.2, 0) is 16.1 Å². The maximum absolute atomic E-state index is 12.2. The number of ether oxygens (including phenoxy) is 2. The quantitative estimate of drug-likeness (QED) is 0.774. The van der Waals surface area contributed by atoms with E-state index in [0.29, 0.717) is 37.1 Å². The van der Waals surface area contributed by atoms with E-state index in [0.717, 1.165) is 22.4 Å². The molecule has 2 aliphatic heterocycles. The van der Waals surface area contributed by atoms with Crippen molar-refractivity contribution in [3.8, 4) is 17.0 Å². The Labute approximate surface area is 150 Å². The zero-order chi connectivity index (χ0) is 17.4. The van der Waals surface area contributed by atoms with Crippen molar-refractivity contribution in [3.05, 3.63) is 59.3 Å². The molecular formula is C19H17ClN2O3. The van der Waals surface area contributed by atoms with Crippen molar-refractivity contribution >= 4 is 17.5 Å². The summed E-state index contributed by atoms with van der Waals surface area (Å²) in [5.74, 6) is 0.520. The first-order chi connectivity index (χ1) is 12.2. The Hall–Kier alpha value is -2.37. The van der Waals surface area contributed by atoms with Gasteiger partial charge in [0.25, 0.3) is 0 Å². The predicted octanol–water partition coefficient (Wildman–Crippen LogP) is 3.38. The van der Waals surface area contributed by atoms with E-state index >= 15 is 0 Å². The van der Waals surface area contributed by atoms with E-state index in [-0.39, 0.29) is 11.9 Å². The van der Waals surface area contributed by atoms with Gasteiger partial charge in [0.2, 0.25) is 5.91 Å². The van der Waals surface area contributed by atoms with Crippen molar-refractivity contribution < 1.29 is 14.3 Å². The van der Waals surface area contributed by atoms with Gasteiger partial charge in [-0.15, -0.1) is 0 Å². The Morgan fingerprint density at radius 2 is 2.32 bits per heavy atom.